The Balaban J connectivity index is 1.66. The molecule has 39 heavy (non-hydrogen) atoms. The molecule has 0 aliphatic carbocycles. The molecule has 0 saturated heterocycles. The van der Waals surface area contributed by atoms with Gasteiger partial charge >= 0.3 is 5.97 Å². The van der Waals surface area contributed by atoms with Crippen molar-refractivity contribution in [2.75, 3.05) is 7.11 Å². The Kier molecular flexibility index (Phi) is 10.1. The minimum absolute atomic E-state index is 0.0750. The zero-order valence-electron chi connectivity index (χ0n) is 22.0. The first-order chi connectivity index (χ1) is 18.6. The summed E-state index contributed by atoms with van der Waals surface area (Å²) in [4.78, 5) is 36.6. The number of carbonyl (C=O) groups excluding carboxylic acids is 2. The number of rotatable bonds is 11. The molecule has 0 radical (unpaired) electrons. The summed E-state index contributed by atoms with van der Waals surface area (Å²) in [6.45, 7) is 5.65. The number of carboxylic acids is 1. The molecule has 204 valence electrons. The van der Waals surface area contributed by atoms with Crippen molar-refractivity contribution in [1.29, 1.82) is 0 Å². The normalized spacial score (nSPS) is 11.7. The minimum atomic E-state index is -1.03. The van der Waals surface area contributed by atoms with E-state index in [0.29, 0.717) is 22.4 Å². The highest BCUT2D eigenvalue weighted by Gasteiger charge is 2.24. The monoisotopic (exact) mass is 551 g/mol. The van der Waals surface area contributed by atoms with Gasteiger partial charge in [0.25, 0.3) is 11.8 Å². The number of ether oxygens (including phenoxy) is 2. The molecule has 3 aromatic carbocycles. The van der Waals surface area contributed by atoms with Gasteiger partial charge in [-0.1, -0.05) is 55.3 Å². The predicted molar refractivity (Wildman–Crippen MR) is 149 cm³/mol. The Bertz CT molecular complexity index is 1370. The molecule has 2 amide bonds. The second-order valence-electron chi connectivity index (χ2n) is 9.12. The molecule has 0 aliphatic rings. The van der Waals surface area contributed by atoms with Gasteiger partial charge in [0.1, 0.15) is 12.6 Å². The minimum Gasteiger partial charge on any atom is -0.493 e. The lowest BCUT2D eigenvalue weighted by molar-refractivity contribution is -0.123. The van der Waals surface area contributed by atoms with Crippen LogP contribution in [0.5, 0.6) is 11.5 Å². The highest BCUT2D eigenvalue weighted by Crippen LogP contribution is 2.36. The summed E-state index contributed by atoms with van der Waals surface area (Å²) >= 11 is 6.42. The predicted octanol–water partition coefficient (Wildman–Crippen LogP) is 4.84. The zero-order valence-corrected chi connectivity index (χ0v) is 22.8. The van der Waals surface area contributed by atoms with Crippen molar-refractivity contribution in [3.8, 4) is 11.5 Å². The van der Waals surface area contributed by atoms with Gasteiger partial charge < -0.3 is 19.9 Å². The van der Waals surface area contributed by atoms with Crippen LogP contribution in [-0.2, 0) is 11.4 Å². The Morgan fingerprint density at radius 3 is 2.41 bits per heavy atom. The van der Waals surface area contributed by atoms with Crippen LogP contribution in [0.25, 0.3) is 0 Å². The second kappa shape index (κ2) is 13.4. The van der Waals surface area contributed by atoms with Crippen LogP contribution in [0.1, 0.15) is 51.3 Å². The van der Waals surface area contributed by atoms with E-state index in [1.54, 1.807) is 36.4 Å². The smallest absolute Gasteiger partial charge is 0.335 e. The molecule has 9 nitrogen and oxygen atoms in total. The summed E-state index contributed by atoms with van der Waals surface area (Å²) in [7, 11) is 1.45. The Labute approximate surface area is 231 Å². The summed E-state index contributed by atoms with van der Waals surface area (Å²) in [5, 5.41) is 16.2. The Morgan fingerprint density at radius 1 is 1.05 bits per heavy atom. The van der Waals surface area contributed by atoms with Crippen molar-refractivity contribution < 1.29 is 29.0 Å². The van der Waals surface area contributed by atoms with Crippen LogP contribution in [0.4, 0.5) is 0 Å². The average molecular weight is 552 g/mol. The number of hydrogen-bond acceptors (Lipinski definition) is 6. The molecule has 10 heteroatoms. The molecule has 3 N–H and O–H groups in total. The van der Waals surface area contributed by atoms with Gasteiger partial charge in [0.05, 0.1) is 23.9 Å². The molecule has 3 rings (SSSR count). The fraction of sp³-hybridized carbons (Fsp3) is 0.241. The van der Waals surface area contributed by atoms with E-state index in [0.717, 1.165) is 5.56 Å². The number of methoxy groups -OCH3 is 1. The number of hydrazone groups is 1. The summed E-state index contributed by atoms with van der Waals surface area (Å²) in [6.07, 6.45) is 1.39. The molecule has 3 aromatic rings. The van der Waals surface area contributed by atoms with E-state index in [4.69, 9.17) is 26.2 Å². The number of carboxylic acid groups (broad SMARTS) is 1. The van der Waals surface area contributed by atoms with Crippen molar-refractivity contribution in [3.05, 3.63) is 93.5 Å². The Hall–Kier alpha value is -4.37. The maximum Gasteiger partial charge on any atom is 0.335 e. The third-order valence-corrected chi connectivity index (χ3v) is 6.03. The number of benzene rings is 3. The van der Waals surface area contributed by atoms with Gasteiger partial charge in [-0.05, 0) is 60.4 Å². The summed E-state index contributed by atoms with van der Waals surface area (Å²) < 4.78 is 11.2. The number of hydrogen-bond donors (Lipinski definition) is 3. The first-order valence-electron chi connectivity index (χ1n) is 12.1. The Morgan fingerprint density at radius 2 is 1.77 bits per heavy atom. The third-order valence-electron chi connectivity index (χ3n) is 5.75. The second-order valence-corrected chi connectivity index (χ2v) is 9.53. The highest BCUT2D eigenvalue weighted by atomic mass is 35.5. The van der Waals surface area contributed by atoms with E-state index in [9.17, 15) is 14.4 Å². The van der Waals surface area contributed by atoms with Crippen LogP contribution in [0, 0.1) is 12.8 Å². The molecule has 0 heterocycles. The lowest BCUT2D eigenvalue weighted by atomic mass is 10.0. The van der Waals surface area contributed by atoms with Crippen LogP contribution < -0.4 is 20.2 Å². The average Bonchev–Trinajstić information content (AvgIpc) is 2.90. The van der Waals surface area contributed by atoms with Gasteiger partial charge in [-0.25, -0.2) is 10.2 Å². The van der Waals surface area contributed by atoms with E-state index in [-0.39, 0.29) is 34.8 Å². The fourth-order valence-corrected chi connectivity index (χ4v) is 3.88. The summed E-state index contributed by atoms with van der Waals surface area (Å²) in [5.74, 6) is -1.43. The standard InChI is InChI=1S/C29H30ClN3O6/c1-17(2)25(32-27(34)21-10-8-18(3)9-11-21)28(35)33-31-15-20-13-23(30)26(24(14-20)38-4)39-16-19-6-5-7-22(12-19)29(36)37/h5-15,17,25H,16H2,1-4H3,(H,32,34)(H,33,35)(H,36,37). The first kappa shape index (κ1) is 29.2. The van der Waals surface area contributed by atoms with Crippen molar-refractivity contribution in [3.63, 3.8) is 0 Å². The number of halogens is 1. The third kappa shape index (κ3) is 8.05. The van der Waals surface area contributed by atoms with Crippen LogP contribution in [-0.4, -0.2) is 42.3 Å². The lowest BCUT2D eigenvalue weighted by Gasteiger charge is -2.20. The SMILES string of the molecule is COc1cc(C=NNC(=O)C(NC(=O)c2ccc(C)cc2)C(C)C)cc(Cl)c1OCc1cccc(C(=O)O)c1. The molecule has 0 bridgehead atoms. The molecule has 0 fully saturated rings. The van der Waals surface area contributed by atoms with Gasteiger partial charge in [0.2, 0.25) is 0 Å². The number of carbonyl (C=O) groups is 3. The fourth-order valence-electron chi connectivity index (χ4n) is 3.61. The maximum absolute atomic E-state index is 12.8. The van der Waals surface area contributed by atoms with Crippen LogP contribution in [0.2, 0.25) is 5.02 Å². The molecule has 0 aliphatic heterocycles. The summed E-state index contributed by atoms with van der Waals surface area (Å²) in [6, 6.07) is 15.9. The van der Waals surface area contributed by atoms with Crippen LogP contribution in [0.15, 0.2) is 65.8 Å². The molecule has 0 spiro atoms. The number of amides is 2. The van der Waals surface area contributed by atoms with Gasteiger partial charge in [-0.2, -0.15) is 5.10 Å². The zero-order chi connectivity index (χ0) is 28.5. The van der Waals surface area contributed by atoms with E-state index in [1.165, 1.54) is 25.5 Å². The number of nitrogens with zero attached hydrogens (tertiary/aromatic N) is 1. The maximum atomic E-state index is 12.8. The van der Waals surface area contributed by atoms with Gasteiger partial charge in [-0.3, -0.25) is 9.59 Å². The van der Waals surface area contributed by atoms with Gasteiger partial charge in [0, 0.05) is 5.56 Å². The van der Waals surface area contributed by atoms with Crippen molar-refractivity contribution in [1.82, 2.24) is 10.7 Å². The molecule has 1 unspecified atom stereocenters. The van der Waals surface area contributed by atoms with Crippen molar-refractivity contribution in [2.45, 2.75) is 33.4 Å². The number of aryl methyl sites for hydroxylation is 1. The van der Waals surface area contributed by atoms with E-state index in [1.807, 2.05) is 32.9 Å². The molecular weight excluding hydrogens is 522 g/mol. The lowest BCUT2D eigenvalue weighted by Crippen LogP contribution is -2.48. The first-order valence-corrected chi connectivity index (χ1v) is 12.5. The summed E-state index contributed by atoms with van der Waals surface area (Å²) in [5.41, 5.74) is 5.28. The van der Waals surface area contributed by atoms with Crippen LogP contribution in [0.3, 0.4) is 0 Å². The number of nitrogens with one attached hydrogen (secondary N) is 2. The number of aromatic carboxylic acids is 1. The van der Waals surface area contributed by atoms with Crippen LogP contribution >= 0.6 is 11.6 Å². The van der Waals surface area contributed by atoms with E-state index in [2.05, 4.69) is 15.8 Å². The van der Waals surface area contributed by atoms with E-state index < -0.39 is 17.9 Å². The molecular formula is C29H30ClN3O6. The van der Waals surface area contributed by atoms with E-state index >= 15 is 0 Å². The topological polar surface area (TPSA) is 126 Å². The molecule has 0 aromatic heterocycles. The molecule has 0 saturated carbocycles. The van der Waals surface area contributed by atoms with Gasteiger partial charge in [0.15, 0.2) is 11.5 Å². The quantitative estimate of drug-likeness (QED) is 0.231. The molecule has 1 atom stereocenters. The van der Waals surface area contributed by atoms with Gasteiger partial charge in [-0.15, -0.1) is 0 Å². The highest BCUT2D eigenvalue weighted by molar-refractivity contribution is 6.32. The van der Waals surface area contributed by atoms with Crippen molar-refractivity contribution >= 4 is 35.6 Å². The largest absolute Gasteiger partial charge is 0.493 e. The van der Waals surface area contributed by atoms with Crippen molar-refractivity contribution in [2.24, 2.45) is 11.0 Å².